The monoisotopic (exact) mass is 272 g/mol. The lowest BCUT2D eigenvalue weighted by atomic mass is 10.1. The van der Waals surface area contributed by atoms with Crippen LogP contribution in [-0.2, 0) is 0 Å². The van der Waals surface area contributed by atoms with Crippen LogP contribution in [0.5, 0.6) is 0 Å². The van der Waals surface area contributed by atoms with E-state index in [4.69, 9.17) is 0 Å². The Morgan fingerprint density at radius 3 is 2.80 bits per heavy atom. The van der Waals surface area contributed by atoms with E-state index in [1.54, 1.807) is 0 Å². The molecule has 0 saturated carbocycles. The molecule has 1 aromatic heterocycles. The van der Waals surface area contributed by atoms with Gasteiger partial charge >= 0.3 is 0 Å². The summed E-state index contributed by atoms with van der Waals surface area (Å²) in [7, 11) is 0. The van der Waals surface area contributed by atoms with Crippen molar-refractivity contribution in [2.24, 2.45) is 0 Å². The lowest BCUT2D eigenvalue weighted by Crippen LogP contribution is -2.41. The zero-order valence-corrected chi connectivity index (χ0v) is 12.9. The maximum atomic E-state index is 9.45. The molecule has 1 saturated heterocycles. The fraction of sp³-hybridized carbons (Fsp3) is 0.625. The molecule has 1 aliphatic heterocycles. The second kappa shape index (κ2) is 6.23. The number of hydrogen-bond donors (Lipinski definition) is 1. The minimum absolute atomic E-state index is 0.366. The van der Waals surface area contributed by atoms with Gasteiger partial charge in [-0.1, -0.05) is 0 Å². The van der Waals surface area contributed by atoms with Crippen molar-refractivity contribution in [3.8, 4) is 6.07 Å². The maximum Gasteiger partial charge on any atom is 0.103 e. The molecule has 0 spiro atoms. The molecule has 108 valence electrons. The molecule has 1 aliphatic rings. The van der Waals surface area contributed by atoms with Gasteiger partial charge in [0.15, 0.2) is 0 Å². The molecule has 2 rings (SSSR count). The van der Waals surface area contributed by atoms with Gasteiger partial charge in [0.05, 0.1) is 16.9 Å². The number of nitrogens with one attached hydrogen (secondary N) is 1. The molecule has 0 radical (unpaired) electrons. The summed E-state index contributed by atoms with van der Waals surface area (Å²) in [4.78, 5) is 6.75. The Kier molecular flexibility index (Phi) is 4.61. The minimum atomic E-state index is 0.366. The zero-order valence-electron chi connectivity index (χ0n) is 12.9. The van der Waals surface area contributed by atoms with Crippen molar-refractivity contribution in [3.63, 3.8) is 0 Å². The number of pyridine rings is 1. The Labute approximate surface area is 121 Å². The fourth-order valence-corrected chi connectivity index (χ4v) is 2.91. The predicted molar refractivity (Wildman–Crippen MR) is 81.9 cm³/mol. The number of nitrogens with zero attached hydrogens (tertiary/aromatic N) is 3. The number of anilines is 1. The predicted octanol–water partition coefficient (Wildman–Crippen LogP) is 2.54. The van der Waals surface area contributed by atoms with Crippen LogP contribution in [0.4, 0.5) is 5.69 Å². The van der Waals surface area contributed by atoms with Crippen LogP contribution in [0.2, 0.25) is 0 Å². The van der Waals surface area contributed by atoms with Crippen LogP contribution in [-0.4, -0.2) is 30.2 Å². The van der Waals surface area contributed by atoms with Crippen molar-refractivity contribution >= 4 is 5.69 Å². The molecule has 20 heavy (non-hydrogen) atoms. The molecule has 1 unspecified atom stereocenters. The van der Waals surface area contributed by atoms with E-state index in [1.165, 1.54) is 12.8 Å². The standard InChI is InChI=1S/C16H24N4/c1-11(2)20(10-14-6-5-7-18-14)16-8-12(3)19-13(4)15(16)9-17/h8,11,14,18H,5-7,10H2,1-4H3. The summed E-state index contributed by atoms with van der Waals surface area (Å²) >= 11 is 0. The van der Waals surface area contributed by atoms with Gasteiger partial charge < -0.3 is 10.2 Å². The Bertz CT molecular complexity index is 510. The van der Waals surface area contributed by atoms with Crippen LogP contribution in [0.15, 0.2) is 6.07 Å². The molecule has 0 amide bonds. The zero-order chi connectivity index (χ0) is 14.7. The molecule has 0 aliphatic carbocycles. The van der Waals surface area contributed by atoms with Crippen LogP contribution >= 0.6 is 0 Å². The quantitative estimate of drug-likeness (QED) is 0.915. The van der Waals surface area contributed by atoms with Crippen LogP contribution in [0.1, 0.15) is 43.6 Å². The highest BCUT2D eigenvalue weighted by atomic mass is 15.2. The third-order valence-corrected chi connectivity index (χ3v) is 3.93. The lowest BCUT2D eigenvalue weighted by Gasteiger charge is -2.32. The van der Waals surface area contributed by atoms with Gasteiger partial charge in [0, 0.05) is 24.3 Å². The van der Waals surface area contributed by atoms with Gasteiger partial charge in [-0.25, -0.2) is 0 Å². The van der Waals surface area contributed by atoms with Gasteiger partial charge in [0.25, 0.3) is 0 Å². The van der Waals surface area contributed by atoms with Crippen molar-refractivity contribution < 1.29 is 0 Å². The van der Waals surface area contributed by atoms with Crippen LogP contribution in [0.3, 0.4) is 0 Å². The molecule has 1 atom stereocenters. The lowest BCUT2D eigenvalue weighted by molar-refractivity contribution is 0.552. The summed E-state index contributed by atoms with van der Waals surface area (Å²) in [5.41, 5.74) is 3.54. The highest BCUT2D eigenvalue weighted by molar-refractivity contribution is 5.62. The van der Waals surface area contributed by atoms with Crippen LogP contribution in [0, 0.1) is 25.2 Å². The number of hydrogen-bond acceptors (Lipinski definition) is 4. The number of nitriles is 1. The van der Waals surface area contributed by atoms with E-state index >= 15 is 0 Å². The minimum Gasteiger partial charge on any atom is -0.366 e. The first-order chi connectivity index (χ1) is 9.52. The van der Waals surface area contributed by atoms with E-state index < -0.39 is 0 Å². The topological polar surface area (TPSA) is 52.0 Å². The first kappa shape index (κ1) is 14.8. The molecule has 1 N–H and O–H groups in total. The van der Waals surface area contributed by atoms with Gasteiger partial charge in [-0.05, 0) is 53.1 Å². The number of rotatable bonds is 4. The van der Waals surface area contributed by atoms with Crippen LogP contribution < -0.4 is 10.2 Å². The molecule has 2 heterocycles. The average molecular weight is 272 g/mol. The molecule has 0 aromatic carbocycles. The summed E-state index contributed by atoms with van der Waals surface area (Å²) in [6, 6.07) is 5.26. The molecular weight excluding hydrogens is 248 g/mol. The Balaban J connectivity index is 2.35. The van der Waals surface area contributed by atoms with Crippen molar-refractivity contribution in [1.29, 1.82) is 5.26 Å². The van der Waals surface area contributed by atoms with E-state index in [0.29, 0.717) is 17.6 Å². The molecule has 0 bridgehead atoms. The van der Waals surface area contributed by atoms with E-state index in [0.717, 1.165) is 30.2 Å². The molecule has 1 aromatic rings. The summed E-state index contributed by atoms with van der Waals surface area (Å²) in [6.07, 6.45) is 2.46. The van der Waals surface area contributed by atoms with Gasteiger partial charge in [0.2, 0.25) is 0 Å². The van der Waals surface area contributed by atoms with E-state index in [1.807, 2.05) is 19.9 Å². The van der Waals surface area contributed by atoms with Gasteiger partial charge in [-0.2, -0.15) is 5.26 Å². The van der Waals surface area contributed by atoms with E-state index in [-0.39, 0.29) is 0 Å². The maximum absolute atomic E-state index is 9.45. The first-order valence-electron chi connectivity index (χ1n) is 7.41. The second-order valence-corrected chi connectivity index (χ2v) is 5.89. The second-order valence-electron chi connectivity index (χ2n) is 5.89. The van der Waals surface area contributed by atoms with Crippen molar-refractivity contribution in [2.45, 2.75) is 52.6 Å². The van der Waals surface area contributed by atoms with Crippen molar-refractivity contribution in [1.82, 2.24) is 10.3 Å². The molecule has 1 fully saturated rings. The van der Waals surface area contributed by atoms with Crippen molar-refractivity contribution in [2.75, 3.05) is 18.0 Å². The van der Waals surface area contributed by atoms with E-state index in [9.17, 15) is 5.26 Å². The third kappa shape index (κ3) is 3.10. The largest absolute Gasteiger partial charge is 0.366 e. The summed E-state index contributed by atoms with van der Waals surface area (Å²) < 4.78 is 0. The first-order valence-corrected chi connectivity index (χ1v) is 7.41. The molecule has 4 heteroatoms. The number of aromatic nitrogens is 1. The smallest absolute Gasteiger partial charge is 0.103 e. The van der Waals surface area contributed by atoms with Crippen molar-refractivity contribution in [3.05, 3.63) is 23.0 Å². The van der Waals surface area contributed by atoms with Gasteiger partial charge in [-0.3, -0.25) is 4.98 Å². The summed E-state index contributed by atoms with van der Waals surface area (Å²) in [5.74, 6) is 0. The Morgan fingerprint density at radius 1 is 1.50 bits per heavy atom. The highest BCUT2D eigenvalue weighted by Crippen LogP contribution is 2.26. The van der Waals surface area contributed by atoms with E-state index in [2.05, 4.69) is 35.1 Å². The van der Waals surface area contributed by atoms with Gasteiger partial charge in [-0.15, -0.1) is 0 Å². The Hall–Kier alpha value is -1.60. The third-order valence-electron chi connectivity index (χ3n) is 3.93. The highest BCUT2D eigenvalue weighted by Gasteiger charge is 2.23. The SMILES string of the molecule is Cc1cc(N(CC2CCCN2)C(C)C)c(C#N)c(C)n1. The number of aryl methyl sites for hydroxylation is 2. The molecular formula is C16H24N4. The Morgan fingerprint density at radius 2 is 2.25 bits per heavy atom. The average Bonchev–Trinajstić information content (AvgIpc) is 2.87. The van der Waals surface area contributed by atoms with Crippen LogP contribution in [0.25, 0.3) is 0 Å². The molecule has 4 nitrogen and oxygen atoms in total. The normalized spacial score (nSPS) is 18.3. The fourth-order valence-electron chi connectivity index (χ4n) is 2.91. The summed E-state index contributed by atoms with van der Waals surface area (Å²) in [5, 5.41) is 13.0. The summed E-state index contributed by atoms with van der Waals surface area (Å²) in [6.45, 7) is 10.3. The van der Waals surface area contributed by atoms with Gasteiger partial charge in [0.1, 0.15) is 6.07 Å².